The Labute approximate surface area is 79.7 Å². The highest BCUT2D eigenvalue weighted by molar-refractivity contribution is 5.28. The summed E-state index contributed by atoms with van der Waals surface area (Å²) >= 11 is 0. The SMILES string of the molecule is CC(C)[C@H]1N[C@H](C)Cc2[nH]ccc21. The van der Waals surface area contributed by atoms with Gasteiger partial charge in [-0.1, -0.05) is 13.8 Å². The lowest BCUT2D eigenvalue weighted by molar-refractivity contribution is 0.345. The van der Waals surface area contributed by atoms with Gasteiger partial charge in [-0.2, -0.15) is 0 Å². The molecule has 0 saturated heterocycles. The van der Waals surface area contributed by atoms with Crippen LogP contribution in [0, 0.1) is 5.92 Å². The van der Waals surface area contributed by atoms with E-state index in [1.807, 2.05) is 0 Å². The molecule has 0 spiro atoms. The molecule has 0 aromatic carbocycles. The summed E-state index contributed by atoms with van der Waals surface area (Å²) in [6, 6.07) is 3.34. The molecule has 1 aromatic rings. The Hall–Kier alpha value is -0.760. The average molecular weight is 178 g/mol. The van der Waals surface area contributed by atoms with Crippen molar-refractivity contribution in [2.24, 2.45) is 5.92 Å². The van der Waals surface area contributed by atoms with Gasteiger partial charge in [-0.05, 0) is 24.5 Å². The lowest BCUT2D eigenvalue weighted by Gasteiger charge is -2.31. The Balaban J connectivity index is 2.32. The van der Waals surface area contributed by atoms with E-state index in [9.17, 15) is 0 Å². The van der Waals surface area contributed by atoms with E-state index in [1.165, 1.54) is 11.3 Å². The Kier molecular flexibility index (Phi) is 2.16. The standard InChI is InChI=1S/C11H18N2/c1-7(2)11-9-4-5-12-10(9)6-8(3)13-11/h4-5,7-8,11-13H,6H2,1-3H3/t8-,11-/m1/s1. The smallest absolute Gasteiger partial charge is 0.0363 e. The third-order valence-corrected chi connectivity index (χ3v) is 2.85. The van der Waals surface area contributed by atoms with Gasteiger partial charge in [0.1, 0.15) is 0 Å². The van der Waals surface area contributed by atoms with E-state index in [0.29, 0.717) is 18.0 Å². The zero-order chi connectivity index (χ0) is 9.42. The third kappa shape index (κ3) is 1.51. The highest BCUT2D eigenvalue weighted by Gasteiger charge is 2.26. The predicted octanol–water partition coefficient (Wildman–Crippen LogP) is 2.25. The third-order valence-electron chi connectivity index (χ3n) is 2.85. The maximum Gasteiger partial charge on any atom is 0.0363 e. The van der Waals surface area contributed by atoms with Gasteiger partial charge in [0.05, 0.1) is 0 Å². The number of hydrogen-bond donors (Lipinski definition) is 2. The predicted molar refractivity (Wildman–Crippen MR) is 54.7 cm³/mol. The molecule has 13 heavy (non-hydrogen) atoms. The quantitative estimate of drug-likeness (QED) is 0.678. The zero-order valence-electron chi connectivity index (χ0n) is 8.59. The lowest BCUT2D eigenvalue weighted by Crippen LogP contribution is -2.39. The van der Waals surface area contributed by atoms with Gasteiger partial charge in [-0.25, -0.2) is 0 Å². The van der Waals surface area contributed by atoms with Gasteiger partial charge in [0.2, 0.25) is 0 Å². The summed E-state index contributed by atoms with van der Waals surface area (Å²) in [6.45, 7) is 6.79. The van der Waals surface area contributed by atoms with Crippen LogP contribution in [0.25, 0.3) is 0 Å². The minimum Gasteiger partial charge on any atom is -0.365 e. The van der Waals surface area contributed by atoms with Crippen LogP contribution >= 0.6 is 0 Å². The molecule has 1 aliphatic heterocycles. The molecule has 2 N–H and O–H groups in total. The highest BCUT2D eigenvalue weighted by atomic mass is 15.0. The van der Waals surface area contributed by atoms with Crippen molar-refractivity contribution < 1.29 is 0 Å². The van der Waals surface area contributed by atoms with E-state index >= 15 is 0 Å². The average Bonchev–Trinajstić information content (AvgIpc) is 2.49. The van der Waals surface area contributed by atoms with Crippen LogP contribution in [-0.2, 0) is 6.42 Å². The number of rotatable bonds is 1. The van der Waals surface area contributed by atoms with Crippen molar-refractivity contribution in [2.75, 3.05) is 0 Å². The van der Waals surface area contributed by atoms with Crippen LogP contribution in [0.2, 0.25) is 0 Å². The van der Waals surface area contributed by atoms with Crippen LogP contribution in [0.15, 0.2) is 12.3 Å². The van der Waals surface area contributed by atoms with Crippen LogP contribution in [0.4, 0.5) is 0 Å². The molecule has 0 unspecified atom stereocenters. The molecule has 2 heteroatoms. The van der Waals surface area contributed by atoms with E-state index < -0.39 is 0 Å². The summed E-state index contributed by atoms with van der Waals surface area (Å²) in [5.74, 6) is 0.664. The number of nitrogens with one attached hydrogen (secondary N) is 2. The Morgan fingerprint density at radius 2 is 2.23 bits per heavy atom. The van der Waals surface area contributed by atoms with Gasteiger partial charge in [0.15, 0.2) is 0 Å². The van der Waals surface area contributed by atoms with Crippen LogP contribution in [0.1, 0.15) is 38.1 Å². The number of aromatic amines is 1. The molecule has 0 bridgehead atoms. The summed E-state index contributed by atoms with van der Waals surface area (Å²) in [5.41, 5.74) is 2.89. The molecule has 0 aliphatic carbocycles. The summed E-state index contributed by atoms with van der Waals surface area (Å²) in [4.78, 5) is 3.33. The van der Waals surface area contributed by atoms with Crippen molar-refractivity contribution in [3.8, 4) is 0 Å². The second-order valence-electron chi connectivity index (χ2n) is 4.41. The molecule has 2 atom stereocenters. The molecule has 0 fully saturated rings. The van der Waals surface area contributed by atoms with Gasteiger partial charge >= 0.3 is 0 Å². The molecule has 1 aliphatic rings. The van der Waals surface area contributed by atoms with Crippen molar-refractivity contribution in [3.05, 3.63) is 23.5 Å². The molecule has 1 aromatic heterocycles. The van der Waals surface area contributed by atoms with Crippen molar-refractivity contribution >= 4 is 0 Å². The Morgan fingerprint density at radius 3 is 2.92 bits per heavy atom. The molecule has 2 heterocycles. The number of aromatic nitrogens is 1. The van der Waals surface area contributed by atoms with E-state index in [-0.39, 0.29) is 0 Å². The maximum absolute atomic E-state index is 3.64. The van der Waals surface area contributed by atoms with E-state index in [0.717, 1.165) is 6.42 Å². The van der Waals surface area contributed by atoms with Crippen molar-refractivity contribution in [3.63, 3.8) is 0 Å². The molecule has 0 amide bonds. The molecular formula is C11H18N2. The van der Waals surface area contributed by atoms with E-state index in [2.05, 4.69) is 43.3 Å². The fourth-order valence-electron chi connectivity index (χ4n) is 2.20. The van der Waals surface area contributed by atoms with Crippen LogP contribution in [0.5, 0.6) is 0 Å². The maximum atomic E-state index is 3.64. The zero-order valence-corrected chi connectivity index (χ0v) is 8.59. The first-order chi connectivity index (χ1) is 6.18. The molecular weight excluding hydrogens is 160 g/mol. The van der Waals surface area contributed by atoms with Crippen molar-refractivity contribution in [2.45, 2.75) is 39.3 Å². The fourth-order valence-corrected chi connectivity index (χ4v) is 2.20. The second-order valence-corrected chi connectivity index (χ2v) is 4.41. The van der Waals surface area contributed by atoms with Gasteiger partial charge in [-0.3, -0.25) is 0 Å². The minimum atomic E-state index is 0.532. The summed E-state index contributed by atoms with van der Waals surface area (Å²) in [5, 5.41) is 3.64. The van der Waals surface area contributed by atoms with Gasteiger partial charge in [-0.15, -0.1) is 0 Å². The first-order valence-corrected chi connectivity index (χ1v) is 5.10. The topological polar surface area (TPSA) is 27.8 Å². The molecule has 2 rings (SSSR count). The van der Waals surface area contributed by atoms with E-state index in [1.54, 1.807) is 0 Å². The summed E-state index contributed by atoms with van der Waals surface area (Å²) < 4.78 is 0. The monoisotopic (exact) mass is 178 g/mol. The van der Waals surface area contributed by atoms with Gasteiger partial charge < -0.3 is 10.3 Å². The van der Waals surface area contributed by atoms with Crippen LogP contribution < -0.4 is 5.32 Å². The van der Waals surface area contributed by atoms with Crippen LogP contribution in [0.3, 0.4) is 0 Å². The largest absolute Gasteiger partial charge is 0.365 e. The fraction of sp³-hybridized carbons (Fsp3) is 0.636. The molecule has 2 nitrogen and oxygen atoms in total. The number of hydrogen-bond acceptors (Lipinski definition) is 1. The highest BCUT2D eigenvalue weighted by Crippen LogP contribution is 2.29. The summed E-state index contributed by atoms with van der Waals surface area (Å²) in [6.07, 6.45) is 3.19. The first kappa shape index (κ1) is 8.82. The molecule has 72 valence electrons. The van der Waals surface area contributed by atoms with Crippen molar-refractivity contribution in [1.29, 1.82) is 0 Å². The van der Waals surface area contributed by atoms with Crippen molar-refractivity contribution in [1.82, 2.24) is 10.3 Å². The second kappa shape index (κ2) is 3.18. The van der Waals surface area contributed by atoms with E-state index in [4.69, 9.17) is 0 Å². The molecule has 0 radical (unpaired) electrons. The minimum absolute atomic E-state index is 0.532. The van der Waals surface area contributed by atoms with Crippen LogP contribution in [-0.4, -0.2) is 11.0 Å². The first-order valence-electron chi connectivity index (χ1n) is 5.10. The number of fused-ring (bicyclic) bond motifs is 1. The van der Waals surface area contributed by atoms with Gasteiger partial charge in [0.25, 0.3) is 0 Å². The summed E-state index contributed by atoms with van der Waals surface area (Å²) in [7, 11) is 0. The lowest BCUT2D eigenvalue weighted by atomic mass is 9.90. The number of H-pyrrole nitrogens is 1. The Bertz CT molecular complexity index is 288. The van der Waals surface area contributed by atoms with Gasteiger partial charge in [0, 0.05) is 30.4 Å². The Morgan fingerprint density at radius 1 is 1.46 bits per heavy atom. The normalized spacial score (nSPS) is 27.7. The molecule has 0 saturated carbocycles.